The molecule has 2 fully saturated rings. The van der Waals surface area contributed by atoms with Gasteiger partial charge in [-0.15, -0.1) is 0 Å². The highest BCUT2D eigenvalue weighted by Gasteiger charge is 2.44. The van der Waals surface area contributed by atoms with Crippen molar-refractivity contribution in [3.8, 4) is 5.75 Å². The average molecular weight is 663 g/mol. The van der Waals surface area contributed by atoms with Gasteiger partial charge in [0.15, 0.2) is 4.90 Å². The molecule has 0 aromatic heterocycles. The number of hydrogen-bond donors (Lipinski definition) is 0. The number of ether oxygens (including phenoxy) is 3. The Labute approximate surface area is 265 Å². The van der Waals surface area contributed by atoms with Crippen LogP contribution < -0.4 is 4.74 Å². The molecule has 0 bridgehead atoms. The van der Waals surface area contributed by atoms with E-state index in [-0.39, 0.29) is 57.0 Å². The van der Waals surface area contributed by atoms with Crippen LogP contribution in [0.25, 0.3) is 0 Å². The second kappa shape index (κ2) is 14.5. The van der Waals surface area contributed by atoms with Crippen LogP contribution in [0.2, 0.25) is 0 Å². The molecule has 1 atom stereocenters. The zero-order chi connectivity index (χ0) is 33.8. The van der Waals surface area contributed by atoms with Crippen molar-refractivity contribution in [2.45, 2.75) is 140 Å². The topological polar surface area (TPSA) is 102 Å². The van der Waals surface area contributed by atoms with Crippen molar-refractivity contribution in [1.82, 2.24) is 9.21 Å². The van der Waals surface area contributed by atoms with E-state index < -0.39 is 56.0 Å². The Hall–Kier alpha value is -2.54. The first-order chi connectivity index (χ1) is 20.7. The molecule has 1 saturated carbocycles. The number of carbonyl (C=O) groups excluding carboxylic acids is 2. The SMILES string of the molecule is Cc1cc(F)c(S(=O)(=O)N2CCC[C@H]2C(=O)OC(C)(C)C)c(OCCCCCN(C(=O)OC(C)(C)C)C2CCC(F)(F)CC2)c1. The van der Waals surface area contributed by atoms with Crippen LogP contribution in [0.15, 0.2) is 17.0 Å². The fourth-order valence-corrected chi connectivity index (χ4v) is 7.44. The maximum absolute atomic E-state index is 15.3. The zero-order valence-electron chi connectivity index (χ0n) is 27.6. The van der Waals surface area contributed by atoms with Crippen LogP contribution in [-0.2, 0) is 24.3 Å². The van der Waals surface area contributed by atoms with Gasteiger partial charge in [-0.3, -0.25) is 4.79 Å². The predicted octanol–water partition coefficient (Wildman–Crippen LogP) is 6.99. The number of halogens is 3. The minimum absolute atomic E-state index is 0.0474. The molecule has 3 rings (SSSR count). The summed E-state index contributed by atoms with van der Waals surface area (Å²) < 4.78 is 88.1. The van der Waals surface area contributed by atoms with Crippen LogP contribution in [0.1, 0.15) is 105 Å². The largest absolute Gasteiger partial charge is 0.492 e. The summed E-state index contributed by atoms with van der Waals surface area (Å²) in [6, 6.07) is 1.17. The number of rotatable bonds is 11. The first-order valence-corrected chi connectivity index (χ1v) is 17.2. The van der Waals surface area contributed by atoms with Crippen LogP contribution in [0, 0.1) is 12.7 Å². The minimum atomic E-state index is -4.45. The van der Waals surface area contributed by atoms with Crippen LogP contribution in [0.4, 0.5) is 18.0 Å². The Morgan fingerprint density at radius 1 is 0.978 bits per heavy atom. The van der Waals surface area contributed by atoms with Crippen molar-refractivity contribution in [2.24, 2.45) is 0 Å². The second-order valence-corrected chi connectivity index (χ2v) is 15.9. The lowest BCUT2D eigenvalue weighted by Gasteiger charge is -2.37. The van der Waals surface area contributed by atoms with Gasteiger partial charge in [0, 0.05) is 32.0 Å². The smallest absolute Gasteiger partial charge is 0.410 e. The monoisotopic (exact) mass is 662 g/mol. The zero-order valence-corrected chi connectivity index (χ0v) is 28.4. The molecule has 0 N–H and O–H groups in total. The second-order valence-electron chi connectivity index (χ2n) is 14.1. The van der Waals surface area contributed by atoms with E-state index in [1.54, 1.807) is 53.4 Å². The van der Waals surface area contributed by atoms with E-state index >= 15 is 4.39 Å². The molecule has 1 aromatic carbocycles. The Morgan fingerprint density at radius 3 is 2.20 bits per heavy atom. The summed E-state index contributed by atoms with van der Waals surface area (Å²) in [4.78, 5) is 26.7. The number of nitrogens with zero attached hydrogens (tertiary/aromatic N) is 2. The molecule has 0 radical (unpaired) electrons. The quantitative estimate of drug-likeness (QED) is 0.186. The Kier molecular flexibility index (Phi) is 11.9. The Balaban J connectivity index is 1.65. The van der Waals surface area contributed by atoms with Gasteiger partial charge in [0.2, 0.25) is 15.9 Å². The molecule has 1 aliphatic carbocycles. The molecular formula is C32H49F3N2O7S. The number of benzene rings is 1. The molecule has 256 valence electrons. The van der Waals surface area contributed by atoms with E-state index in [4.69, 9.17) is 14.2 Å². The van der Waals surface area contributed by atoms with E-state index in [9.17, 15) is 26.8 Å². The third-order valence-corrected chi connectivity index (χ3v) is 9.63. The maximum atomic E-state index is 15.3. The van der Waals surface area contributed by atoms with E-state index in [0.717, 1.165) is 10.4 Å². The van der Waals surface area contributed by atoms with Crippen molar-refractivity contribution >= 4 is 22.1 Å². The van der Waals surface area contributed by atoms with Gasteiger partial charge in [-0.25, -0.2) is 26.4 Å². The first-order valence-electron chi connectivity index (χ1n) is 15.8. The van der Waals surface area contributed by atoms with Gasteiger partial charge >= 0.3 is 12.1 Å². The highest BCUT2D eigenvalue weighted by atomic mass is 32.2. The van der Waals surface area contributed by atoms with Crippen LogP contribution in [-0.4, -0.2) is 78.6 Å². The van der Waals surface area contributed by atoms with Crippen LogP contribution in [0.5, 0.6) is 5.75 Å². The molecule has 1 amide bonds. The van der Waals surface area contributed by atoms with Crippen molar-refractivity contribution in [1.29, 1.82) is 0 Å². The van der Waals surface area contributed by atoms with Gasteiger partial charge in [0.25, 0.3) is 0 Å². The number of hydrogen-bond acceptors (Lipinski definition) is 7. The third kappa shape index (κ3) is 10.5. The van der Waals surface area contributed by atoms with Gasteiger partial charge in [0.1, 0.15) is 28.8 Å². The van der Waals surface area contributed by atoms with Gasteiger partial charge in [-0.2, -0.15) is 4.31 Å². The Morgan fingerprint density at radius 2 is 1.60 bits per heavy atom. The van der Waals surface area contributed by atoms with Crippen molar-refractivity contribution in [3.05, 3.63) is 23.5 Å². The fraction of sp³-hybridized carbons (Fsp3) is 0.750. The summed E-state index contributed by atoms with van der Waals surface area (Å²) in [7, 11) is -4.45. The minimum Gasteiger partial charge on any atom is -0.492 e. The van der Waals surface area contributed by atoms with E-state index in [1.807, 2.05) is 0 Å². The standard InChI is InChI=1S/C32H49F3N2O7S/c1-22-20-24(33)27(45(40,41)37-18-11-12-25(37)28(38)43-30(2,3)4)26(21-22)42-19-10-8-9-17-36(29(39)44-31(5,6)7)23-13-15-32(34,35)16-14-23/h20-21,23,25H,8-19H2,1-7H3/t25-/m0/s1. The summed E-state index contributed by atoms with van der Waals surface area (Å²) in [5.74, 6) is -4.51. The van der Waals surface area contributed by atoms with E-state index in [2.05, 4.69) is 0 Å². The van der Waals surface area contributed by atoms with Gasteiger partial charge in [0.05, 0.1) is 6.61 Å². The summed E-state index contributed by atoms with van der Waals surface area (Å²) in [5.41, 5.74) is -1.07. The molecular weight excluding hydrogens is 613 g/mol. The number of unbranched alkanes of at least 4 members (excludes halogenated alkanes) is 2. The van der Waals surface area contributed by atoms with Gasteiger partial charge in [-0.1, -0.05) is 0 Å². The number of carbonyl (C=O) groups is 2. The van der Waals surface area contributed by atoms with Crippen molar-refractivity contribution in [3.63, 3.8) is 0 Å². The molecule has 45 heavy (non-hydrogen) atoms. The highest BCUT2D eigenvalue weighted by Crippen LogP contribution is 2.37. The van der Waals surface area contributed by atoms with Gasteiger partial charge in [-0.05, 0) is 111 Å². The molecule has 13 heteroatoms. The van der Waals surface area contributed by atoms with E-state index in [1.165, 1.54) is 6.07 Å². The molecule has 1 aliphatic heterocycles. The first kappa shape index (κ1) is 36.9. The molecule has 9 nitrogen and oxygen atoms in total. The van der Waals surface area contributed by atoms with E-state index in [0.29, 0.717) is 37.8 Å². The number of amides is 1. The number of sulfonamides is 1. The summed E-state index contributed by atoms with van der Waals surface area (Å²) in [6.07, 6.45) is 1.56. The molecule has 0 unspecified atom stereocenters. The van der Waals surface area contributed by atoms with Crippen molar-refractivity contribution in [2.75, 3.05) is 19.7 Å². The lowest BCUT2D eigenvalue weighted by atomic mass is 9.91. The summed E-state index contributed by atoms with van der Waals surface area (Å²) in [6.45, 7) is 12.4. The average Bonchev–Trinajstić information content (AvgIpc) is 3.37. The number of aryl methyl sites for hydroxylation is 1. The number of esters is 1. The van der Waals surface area contributed by atoms with Crippen molar-refractivity contribution < 1.29 is 45.4 Å². The fourth-order valence-electron chi connectivity index (χ4n) is 5.63. The third-order valence-electron chi connectivity index (χ3n) is 7.66. The van der Waals surface area contributed by atoms with Gasteiger partial charge < -0.3 is 19.1 Å². The summed E-state index contributed by atoms with van der Waals surface area (Å²) >= 11 is 0. The molecule has 1 saturated heterocycles. The van der Waals surface area contributed by atoms with Crippen LogP contribution >= 0.6 is 0 Å². The van der Waals surface area contributed by atoms with Crippen LogP contribution in [0.3, 0.4) is 0 Å². The Bertz CT molecular complexity index is 1300. The normalized spacial score (nSPS) is 19.7. The maximum Gasteiger partial charge on any atom is 0.410 e. The highest BCUT2D eigenvalue weighted by molar-refractivity contribution is 7.89. The lowest BCUT2D eigenvalue weighted by Crippen LogP contribution is -2.46. The molecule has 1 heterocycles. The molecule has 2 aliphatic rings. The molecule has 1 aromatic rings. The lowest BCUT2D eigenvalue weighted by molar-refractivity contribution is -0.158. The molecule has 0 spiro atoms. The number of alkyl halides is 2. The summed E-state index contributed by atoms with van der Waals surface area (Å²) in [5, 5.41) is 0. The predicted molar refractivity (Wildman–Crippen MR) is 163 cm³/mol.